The quantitative estimate of drug-likeness (QED) is 0.173. The molecule has 0 bridgehead atoms. The molecule has 1 aromatic heterocycles. The summed E-state index contributed by atoms with van der Waals surface area (Å²) in [7, 11) is 1.32. The summed E-state index contributed by atoms with van der Waals surface area (Å²) in [5.74, 6) is -0.169. The van der Waals surface area contributed by atoms with Crippen LogP contribution in [0.3, 0.4) is 0 Å². The highest BCUT2D eigenvalue weighted by Gasteiger charge is 2.24. The van der Waals surface area contributed by atoms with Crippen molar-refractivity contribution in [3.05, 3.63) is 87.6 Å². The van der Waals surface area contributed by atoms with Crippen molar-refractivity contribution in [1.82, 2.24) is 5.16 Å². The van der Waals surface area contributed by atoms with Gasteiger partial charge in [0.15, 0.2) is 0 Å². The highest BCUT2D eigenvalue weighted by atomic mass is 35.5. The first kappa shape index (κ1) is 27.2. The summed E-state index contributed by atoms with van der Waals surface area (Å²) in [6.45, 7) is 3.95. The molecule has 0 unspecified atom stereocenters. The Morgan fingerprint density at radius 2 is 1.71 bits per heavy atom. The molecule has 2 N–H and O–H groups in total. The van der Waals surface area contributed by atoms with Crippen LogP contribution < -0.4 is 5.32 Å². The third-order valence-electron chi connectivity index (χ3n) is 6.03. The predicted molar refractivity (Wildman–Crippen MR) is 148 cm³/mol. The number of benzene rings is 3. The van der Waals surface area contributed by atoms with E-state index in [0.29, 0.717) is 44.6 Å². The Bertz CT molecular complexity index is 1480. The molecule has 3 aromatic carbocycles. The van der Waals surface area contributed by atoms with Gasteiger partial charge in [-0.1, -0.05) is 66.5 Å². The molecule has 0 fully saturated rings. The van der Waals surface area contributed by atoms with Crippen molar-refractivity contribution in [3.8, 4) is 28.1 Å². The monoisotopic (exact) mass is 552 g/mol. The molecule has 0 aliphatic carbocycles. The lowest BCUT2D eigenvalue weighted by Crippen LogP contribution is -2.13. The summed E-state index contributed by atoms with van der Waals surface area (Å²) in [6.07, 6.45) is 0.416. The van der Waals surface area contributed by atoms with E-state index >= 15 is 0 Å². The van der Waals surface area contributed by atoms with E-state index in [0.717, 1.165) is 11.1 Å². The average Bonchev–Trinajstić information content (AvgIpc) is 3.32. The van der Waals surface area contributed by atoms with E-state index in [9.17, 15) is 14.7 Å². The summed E-state index contributed by atoms with van der Waals surface area (Å²) in [4.78, 5) is 24.9. The van der Waals surface area contributed by atoms with Gasteiger partial charge in [0, 0.05) is 23.5 Å². The second kappa shape index (κ2) is 11.7. The number of rotatable bonds is 8. The number of amides is 1. The van der Waals surface area contributed by atoms with Gasteiger partial charge in [0.05, 0.1) is 28.4 Å². The molecule has 7 nitrogen and oxygen atoms in total. The lowest BCUT2D eigenvalue weighted by atomic mass is 9.97. The topological polar surface area (TPSA) is 102 Å². The van der Waals surface area contributed by atoms with Gasteiger partial charge in [0.1, 0.15) is 17.2 Å². The fourth-order valence-corrected chi connectivity index (χ4v) is 4.72. The van der Waals surface area contributed by atoms with Crippen LogP contribution in [-0.2, 0) is 16.0 Å². The number of nitrogens with zero attached hydrogens (tertiary/aromatic N) is 1. The minimum Gasteiger partial charge on any atom is -0.506 e. The third-order valence-corrected chi connectivity index (χ3v) is 6.66. The molecule has 0 radical (unpaired) electrons. The Morgan fingerprint density at radius 3 is 2.39 bits per heavy atom. The maximum atomic E-state index is 13.0. The SMILES string of the molecule is COC(=O)c1cccc(-c2ccc(O)c(NC(=O)CCc3c(-c4c(Cl)cccc4Cl)noc3C(C)C)c2)c1. The van der Waals surface area contributed by atoms with Crippen molar-refractivity contribution in [2.75, 3.05) is 12.4 Å². The summed E-state index contributed by atoms with van der Waals surface area (Å²) in [5, 5.41) is 18.3. The zero-order valence-corrected chi connectivity index (χ0v) is 22.6. The highest BCUT2D eigenvalue weighted by molar-refractivity contribution is 6.39. The maximum Gasteiger partial charge on any atom is 0.337 e. The van der Waals surface area contributed by atoms with Crippen LogP contribution in [0.1, 0.15) is 47.9 Å². The lowest BCUT2D eigenvalue weighted by Gasteiger charge is -2.12. The number of phenols is 1. The lowest BCUT2D eigenvalue weighted by molar-refractivity contribution is -0.116. The van der Waals surface area contributed by atoms with Gasteiger partial charge in [-0.25, -0.2) is 4.79 Å². The number of carbonyl (C=O) groups is 2. The molecule has 1 heterocycles. The van der Waals surface area contributed by atoms with E-state index in [1.54, 1.807) is 48.5 Å². The number of anilines is 1. The highest BCUT2D eigenvalue weighted by Crippen LogP contribution is 2.39. The van der Waals surface area contributed by atoms with Crippen molar-refractivity contribution in [2.24, 2.45) is 0 Å². The van der Waals surface area contributed by atoms with Gasteiger partial charge in [-0.3, -0.25) is 4.79 Å². The molecule has 0 spiro atoms. The molecule has 0 saturated carbocycles. The van der Waals surface area contributed by atoms with E-state index in [1.165, 1.54) is 13.2 Å². The smallest absolute Gasteiger partial charge is 0.337 e. The Morgan fingerprint density at radius 1 is 1.03 bits per heavy atom. The van der Waals surface area contributed by atoms with Crippen LogP contribution in [0.15, 0.2) is 65.2 Å². The fourth-order valence-electron chi connectivity index (χ4n) is 4.15. The third kappa shape index (κ3) is 5.85. The fraction of sp³-hybridized carbons (Fsp3) is 0.207. The number of esters is 1. The Labute approximate surface area is 230 Å². The normalized spacial score (nSPS) is 11.0. The first-order chi connectivity index (χ1) is 18.2. The van der Waals surface area contributed by atoms with E-state index < -0.39 is 5.97 Å². The van der Waals surface area contributed by atoms with Gasteiger partial charge in [0.25, 0.3) is 0 Å². The first-order valence-corrected chi connectivity index (χ1v) is 12.7. The van der Waals surface area contributed by atoms with E-state index in [2.05, 4.69) is 10.5 Å². The predicted octanol–water partition coefficient (Wildman–Crippen LogP) is 7.50. The van der Waals surface area contributed by atoms with Crippen LogP contribution in [-0.4, -0.2) is 29.2 Å². The minimum absolute atomic E-state index is 0.0250. The maximum absolute atomic E-state index is 13.0. The van der Waals surface area contributed by atoms with Crippen molar-refractivity contribution in [3.63, 3.8) is 0 Å². The molecule has 9 heteroatoms. The van der Waals surface area contributed by atoms with Crippen LogP contribution in [0, 0.1) is 0 Å². The van der Waals surface area contributed by atoms with Gasteiger partial charge in [-0.2, -0.15) is 0 Å². The molecule has 4 rings (SSSR count). The van der Waals surface area contributed by atoms with Gasteiger partial charge in [0.2, 0.25) is 5.91 Å². The number of ether oxygens (including phenoxy) is 1. The molecule has 0 aliphatic rings. The molecule has 4 aromatic rings. The molecule has 1 amide bonds. The number of halogens is 2. The average molecular weight is 553 g/mol. The van der Waals surface area contributed by atoms with Crippen molar-refractivity contribution < 1.29 is 24.0 Å². The van der Waals surface area contributed by atoms with Gasteiger partial charge < -0.3 is 19.7 Å². The standard InChI is InChI=1S/C29H26Cl2N2O5/c1-16(2)28-20(27(33-38-28)26-21(30)8-5-9-22(26)31)11-13-25(35)32-23-15-18(10-12-24(23)34)17-6-4-7-19(14-17)29(36)37-3/h4-10,12,14-16,34H,11,13H2,1-3H3,(H,32,35). The Hall–Kier alpha value is -3.81. The minimum atomic E-state index is -0.453. The summed E-state index contributed by atoms with van der Waals surface area (Å²) < 4.78 is 10.4. The van der Waals surface area contributed by atoms with Crippen LogP contribution >= 0.6 is 23.2 Å². The zero-order chi connectivity index (χ0) is 27.4. The molecular weight excluding hydrogens is 527 g/mol. The van der Waals surface area contributed by atoms with Gasteiger partial charge in [-0.15, -0.1) is 0 Å². The van der Waals surface area contributed by atoms with Crippen LogP contribution in [0.25, 0.3) is 22.4 Å². The Kier molecular flexibility index (Phi) is 8.39. The Balaban J connectivity index is 1.55. The van der Waals surface area contributed by atoms with Gasteiger partial charge >= 0.3 is 5.97 Å². The van der Waals surface area contributed by atoms with E-state index in [4.69, 9.17) is 32.5 Å². The second-order valence-electron chi connectivity index (χ2n) is 8.98. The van der Waals surface area contributed by atoms with Crippen molar-refractivity contribution in [2.45, 2.75) is 32.6 Å². The van der Waals surface area contributed by atoms with Crippen LogP contribution in [0.2, 0.25) is 10.0 Å². The van der Waals surface area contributed by atoms with Gasteiger partial charge in [-0.05, 0) is 53.9 Å². The molecule has 196 valence electrons. The number of hydrogen-bond donors (Lipinski definition) is 2. The molecule has 0 aliphatic heterocycles. The first-order valence-electron chi connectivity index (χ1n) is 11.9. The van der Waals surface area contributed by atoms with Crippen molar-refractivity contribution in [1.29, 1.82) is 0 Å². The number of aromatic hydroxyl groups is 1. The number of methoxy groups -OCH3 is 1. The van der Waals surface area contributed by atoms with E-state index in [1.807, 2.05) is 19.9 Å². The molecular formula is C29H26Cl2N2O5. The van der Waals surface area contributed by atoms with Crippen LogP contribution in [0.5, 0.6) is 5.75 Å². The number of hydrogen-bond acceptors (Lipinski definition) is 6. The number of phenolic OH excluding ortho intramolecular Hbond substituents is 1. The molecule has 38 heavy (non-hydrogen) atoms. The summed E-state index contributed by atoms with van der Waals surface area (Å²) in [6, 6.07) is 16.9. The molecule has 0 atom stereocenters. The largest absolute Gasteiger partial charge is 0.506 e. The summed E-state index contributed by atoms with van der Waals surface area (Å²) in [5.41, 5.74) is 3.90. The number of nitrogens with one attached hydrogen (secondary N) is 1. The van der Waals surface area contributed by atoms with Crippen LogP contribution in [0.4, 0.5) is 5.69 Å². The second-order valence-corrected chi connectivity index (χ2v) is 9.79. The van der Waals surface area contributed by atoms with E-state index in [-0.39, 0.29) is 29.7 Å². The number of aromatic nitrogens is 1. The van der Waals surface area contributed by atoms with Crippen molar-refractivity contribution >= 4 is 40.8 Å². The molecule has 0 saturated heterocycles. The zero-order valence-electron chi connectivity index (χ0n) is 21.0. The summed E-state index contributed by atoms with van der Waals surface area (Å²) >= 11 is 12.8. The number of carbonyl (C=O) groups excluding carboxylic acids is 2.